The average molecular weight is 322 g/mol. The van der Waals surface area contributed by atoms with Crippen LogP contribution >= 0.6 is 0 Å². The molecule has 2 aromatic rings. The number of carbonyl (C=O) groups excluding carboxylic acids is 2. The molecule has 23 heavy (non-hydrogen) atoms. The second-order valence-corrected chi connectivity index (χ2v) is 5.20. The van der Waals surface area contributed by atoms with E-state index >= 15 is 0 Å². The SMILES string of the molecule is CC(=O)OCc1ccco1.CC(C)CC(=O)OCc1ccco1. The standard InChI is InChI=1S/C10H14O3.C7H8O3/c1-8(2)6-10(11)13-7-9-4-3-5-12-9;1-6(8)10-5-7-3-2-4-9-7/h3-5,8H,6-7H2,1-2H3;2-4H,5H2,1H3. The summed E-state index contributed by atoms with van der Waals surface area (Å²) in [6.07, 6.45) is 3.56. The van der Waals surface area contributed by atoms with Crippen molar-refractivity contribution in [2.45, 2.75) is 40.4 Å². The summed E-state index contributed by atoms with van der Waals surface area (Å²) < 4.78 is 19.5. The van der Waals surface area contributed by atoms with Crippen LogP contribution in [-0.4, -0.2) is 11.9 Å². The molecule has 0 aromatic carbocycles. The number of hydrogen-bond acceptors (Lipinski definition) is 6. The Morgan fingerprint density at radius 3 is 1.91 bits per heavy atom. The van der Waals surface area contributed by atoms with Gasteiger partial charge in [-0.25, -0.2) is 0 Å². The van der Waals surface area contributed by atoms with E-state index in [-0.39, 0.29) is 25.2 Å². The van der Waals surface area contributed by atoms with Crippen LogP contribution in [-0.2, 0) is 32.3 Å². The number of rotatable bonds is 6. The Labute approximate surface area is 135 Å². The highest BCUT2D eigenvalue weighted by Gasteiger charge is 2.06. The van der Waals surface area contributed by atoms with Crippen molar-refractivity contribution in [2.24, 2.45) is 5.92 Å². The first kappa shape index (κ1) is 18.5. The summed E-state index contributed by atoms with van der Waals surface area (Å²) in [6.45, 7) is 5.78. The third-order valence-electron chi connectivity index (χ3n) is 2.53. The van der Waals surface area contributed by atoms with Crippen LogP contribution in [0.2, 0.25) is 0 Å². The second kappa shape index (κ2) is 10.3. The van der Waals surface area contributed by atoms with Gasteiger partial charge < -0.3 is 18.3 Å². The van der Waals surface area contributed by atoms with Gasteiger partial charge in [-0.1, -0.05) is 13.8 Å². The molecule has 0 N–H and O–H groups in total. The first-order valence-electron chi connectivity index (χ1n) is 7.31. The lowest BCUT2D eigenvalue weighted by atomic mass is 10.1. The quantitative estimate of drug-likeness (QED) is 0.754. The predicted molar refractivity (Wildman–Crippen MR) is 82.1 cm³/mol. The molecular formula is C17H22O6. The molecule has 126 valence electrons. The van der Waals surface area contributed by atoms with Gasteiger partial charge in [-0.15, -0.1) is 0 Å². The van der Waals surface area contributed by atoms with Gasteiger partial charge >= 0.3 is 11.9 Å². The molecule has 0 bridgehead atoms. The third kappa shape index (κ3) is 9.18. The molecule has 0 saturated heterocycles. The molecule has 0 saturated carbocycles. The number of furan rings is 2. The van der Waals surface area contributed by atoms with E-state index in [1.165, 1.54) is 6.92 Å². The van der Waals surface area contributed by atoms with E-state index in [0.29, 0.717) is 23.9 Å². The summed E-state index contributed by atoms with van der Waals surface area (Å²) in [4.78, 5) is 21.4. The molecule has 0 amide bonds. The third-order valence-corrected chi connectivity index (χ3v) is 2.53. The first-order chi connectivity index (χ1) is 11.0. The van der Waals surface area contributed by atoms with Gasteiger partial charge in [0.05, 0.1) is 12.5 Å². The Kier molecular flexibility index (Phi) is 8.28. The Bertz CT molecular complexity index is 554. The Morgan fingerprint density at radius 2 is 1.52 bits per heavy atom. The zero-order valence-corrected chi connectivity index (χ0v) is 13.6. The number of ether oxygens (including phenoxy) is 2. The topological polar surface area (TPSA) is 78.9 Å². The first-order valence-corrected chi connectivity index (χ1v) is 7.31. The maximum absolute atomic E-state index is 11.1. The van der Waals surface area contributed by atoms with Crippen LogP contribution in [0.25, 0.3) is 0 Å². The minimum Gasteiger partial charge on any atom is -0.466 e. The molecular weight excluding hydrogens is 300 g/mol. The molecule has 0 atom stereocenters. The molecule has 0 aliphatic rings. The van der Waals surface area contributed by atoms with Crippen molar-refractivity contribution in [1.29, 1.82) is 0 Å². The van der Waals surface area contributed by atoms with Crippen molar-refractivity contribution in [3.8, 4) is 0 Å². The predicted octanol–water partition coefficient (Wildman–Crippen LogP) is 3.71. The van der Waals surface area contributed by atoms with Crippen LogP contribution in [0.5, 0.6) is 0 Å². The van der Waals surface area contributed by atoms with Crippen LogP contribution in [0.15, 0.2) is 45.6 Å². The van der Waals surface area contributed by atoms with E-state index in [1.54, 1.807) is 36.8 Å². The minimum atomic E-state index is -0.295. The molecule has 0 aliphatic heterocycles. The zero-order chi connectivity index (χ0) is 17.1. The summed E-state index contributed by atoms with van der Waals surface area (Å²) in [5.41, 5.74) is 0. The molecule has 2 heterocycles. The molecule has 0 unspecified atom stereocenters. The molecule has 2 aromatic heterocycles. The van der Waals surface area contributed by atoms with Crippen LogP contribution in [0, 0.1) is 5.92 Å². The van der Waals surface area contributed by atoms with E-state index in [2.05, 4.69) is 4.74 Å². The van der Waals surface area contributed by atoms with Crippen LogP contribution in [0.4, 0.5) is 0 Å². The summed E-state index contributed by atoms with van der Waals surface area (Å²) >= 11 is 0. The minimum absolute atomic E-state index is 0.175. The summed E-state index contributed by atoms with van der Waals surface area (Å²) in [5, 5.41) is 0. The van der Waals surface area contributed by atoms with Crippen LogP contribution in [0.3, 0.4) is 0 Å². The van der Waals surface area contributed by atoms with Crippen molar-refractivity contribution in [3.63, 3.8) is 0 Å². The van der Waals surface area contributed by atoms with Gasteiger partial charge in [0.2, 0.25) is 0 Å². The van der Waals surface area contributed by atoms with E-state index in [0.717, 1.165) is 0 Å². The highest BCUT2D eigenvalue weighted by molar-refractivity contribution is 5.69. The fourth-order valence-electron chi connectivity index (χ4n) is 1.51. The van der Waals surface area contributed by atoms with Gasteiger partial charge in [-0.05, 0) is 30.2 Å². The molecule has 0 spiro atoms. The lowest BCUT2D eigenvalue weighted by Crippen LogP contribution is -2.07. The van der Waals surface area contributed by atoms with E-state index in [1.807, 2.05) is 13.8 Å². The second-order valence-electron chi connectivity index (χ2n) is 5.20. The fourth-order valence-corrected chi connectivity index (χ4v) is 1.51. The number of esters is 2. The zero-order valence-electron chi connectivity index (χ0n) is 13.6. The Hall–Kier alpha value is -2.50. The van der Waals surface area contributed by atoms with E-state index in [9.17, 15) is 9.59 Å². The number of carbonyl (C=O) groups is 2. The Balaban J connectivity index is 0.000000238. The fraction of sp³-hybridized carbons (Fsp3) is 0.412. The Morgan fingerprint density at radius 1 is 1.00 bits per heavy atom. The van der Waals surface area contributed by atoms with Crippen LogP contribution in [0.1, 0.15) is 38.7 Å². The average Bonchev–Trinajstić information content (AvgIpc) is 3.16. The molecule has 0 radical (unpaired) electrons. The normalized spacial score (nSPS) is 9.91. The monoisotopic (exact) mass is 322 g/mol. The molecule has 0 fully saturated rings. The molecule has 6 heteroatoms. The summed E-state index contributed by atoms with van der Waals surface area (Å²) in [7, 11) is 0. The largest absolute Gasteiger partial charge is 0.466 e. The molecule has 2 rings (SSSR count). The van der Waals surface area contributed by atoms with Gasteiger partial charge in [0.15, 0.2) is 0 Å². The smallest absolute Gasteiger partial charge is 0.306 e. The van der Waals surface area contributed by atoms with Gasteiger partial charge in [0, 0.05) is 13.3 Å². The molecule has 0 aliphatic carbocycles. The van der Waals surface area contributed by atoms with E-state index < -0.39 is 0 Å². The van der Waals surface area contributed by atoms with E-state index in [4.69, 9.17) is 13.6 Å². The summed E-state index contributed by atoms with van der Waals surface area (Å²) in [6, 6.07) is 7.05. The van der Waals surface area contributed by atoms with Gasteiger partial charge in [0.1, 0.15) is 24.7 Å². The van der Waals surface area contributed by atoms with Crippen molar-refractivity contribution in [2.75, 3.05) is 0 Å². The van der Waals surface area contributed by atoms with Gasteiger partial charge in [0.25, 0.3) is 0 Å². The van der Waals surface area contributed by atoms with Gasteiger partial charge in [-0.3, -0.25) is 9.59 Å². The van der Waals surface area contributed by atoms with Crippen molar-refractivity contribution < 1.29 is 27.9 Å². The maximum Gasteiger partial charge on any atom is 0.306 e. The van der Waals surface area contributed by atoms with Crippen molar-refractivity contribution in [3.05, 3.63) is 48.3 Å². The van der Waals surface area contributed by atoms with Crippen molar-refractivity contribution >= 4 is 11.9 Å². The van der Waals surface area contributed by atoms with Crippen molar-refractivity contribution in [1.82, 2.24) is 0 Å². The van der Waals surface area contributed by atoms with Crippen LogP contribution < -0.4 is 0 Å². The maximum atomic E-state index is 11.1. The highest BCUT2D eigenvalue weighted by Crippen LogP contribution is 2.05. The summed E-state index contributed by atoms with van der Waals surface area (Å²) in [5.74, 6) is 1.21. The lowest BCUT2D eigenvalue weighted by molar-refractivity contribution is -0.146. The highest BCUT2D eigenvalue weighted by atomic mass is 16.5. The van der Waals surface area contributed by atoms with Gasteiger partial charge in [-0.2, -0.15) is 0 Å². The number of hydrogen-bond donors (Lipinski definition) is 0. The lowest BCUT2D eigenvalue weighted by Gasteiger charge is -2.04. The molecule has 6 nitrogen and oxygen atoms in total.